The van der Waals surface area contributed by atoms with Crippen molar-refractivity contribution in [3.63, 3.8) is 0 Å². The number of nitriles is 1. The molecule has 0 N–H and O–H groups in total. The topological polar surface area (TPSA) is 62.6 Å². The SMILES string of the molecule is CCN1C(=O)/C(=C/c2cc(Br)c(OCc3ccccc3C#N)c(OC)c2)SC1=S. The lowest BCUT2D eigenvalue weighted by Crippen LogP contribution is -2.27. The normalized spacial score (nSPS) is 15.0. The van der Waals surface area contributed by atoms with Gasteiger partial charge < -0.3 is 9.47 Å². The molecule has 1 aliphatic heterocycles. The number of rotatable bonds is 6. The second-order valence-electron chi connectivity index (χ2n) is 6.02. The summed E-state index contributed by atoms with van der Waals surface area (Å²) in [7, 11) is 1.55. The Hall–Kier alpha value is -2.34. The lowest BCUT2D eigenvalue weighted by molar-refractivity contribution is -0.121. The van der Waals surface area contributed by atoms with Gasteiger partial charge in [0.2, 0.25) is 0 Å². The van der Waals surface area contributed by atoms with E-state index in [0.717, 1.165) is 11.1 Å². The highest BCUT2D eigenvalue weighted by atomic mass is 79.9. The van der Waals surface area contributed by atoms with Crippen LogP contribution in [0.2, 0.25) is 0 Å². The van der Waals surface area contributed by atoms with Gasteiger partial charge in [-0.15, -0.1) is 0 Å². The number of carbonyl (C=O) groups excluding carboxylic acids is 1. The second kappa shape index (κ2) is 9.44. The molecule has 1 saturated heterocycles. The third-order valence-electron chi connectivity index (χ3n) is 4.25. The van der Waals surface area contributed by atoms with Crippen molar-refractivity contribution < 1.29 is 14.3 Å². The van der Waals surface area contributed by atoms with E-state index in [-0.39, 0.29) is 12.5 Å². The Morgan fingerprint density at radius 2 is 2.10 bits per heavy atom. The highest BCUT2D eigenvalue weighted by Gasteiger charge is 2.30. The lowest BCUT2D eigenvalue weighted by Gasteiger charge is -2.14. The first kappa shape index (κ1) is 21.4. The molecule has 29 heavy (non-hydrogen) atoms. The third kappa shape index (κ3) is 4.64. The van der Waals surface area contributed by atoms with E-state index in [1.54, 1.807) is 30.2 Å². The Labute approximate surface area is 187 Å². The number of ether oxygens (including phenoxy) is 2. The number of thioether (sulfide) groups is 1. The van der Waals surface area contributed by atoms with Gasteiger partial charge in [-0.05, 0) is 52.7 Å². The monoisotopic (exact) mass is 488 g/mol. The van der Waals surface area contributed by atoms with Crippen LogP contribution in [0, 0.1) is 11.3 Å². The van der Waals surface area contributed by atoms with Crippen LogP contribution in [0.4, 0.5) is 0 Å². The summed E-state index contributed by atoms with van der Waals surface area (Å²) >= 11 is 10.1. The molecule has 2 aromatic carbocycles. The summed E-state index contributed by atoms with van der Waals surface area (Å²) in [5, 5.41) is 9.23. The van der Waals surface area contributed by atoms with Crippen LogP contribution in [0.15, 0.2) is 45.8 Å². The van der Waals surface area contributed by atoms with Gasteiger partial charge in [0.15, 0.2) is 11.5 Å². The van der Waals surface area contributed by atoms with Gasteiger partial charge in [0.25, 0.3) is 5.91 Å². The van der Waals surface area contributed by atoms with Crippen molar-refractivity contribution >= 4 is 56.2 Å². The third-order valence-corrected chi connectivity index (χ3v) is 6.22. The fourth-order valence-electron chi connectivity index (χ4n) is 2.79. The van der Waals surface area contributed by atoms with E-state index in [4.69, 9.17) is 21.7 Å². The number of carbonyl (C=O) groups is 1. The van der Waals surface area contributed by atoms with Gasteiger partial charge in [0.1, 0.15) is 10.9 Å². The van der Waals surface area contributed by atoms with Crippen LogP contribution < -0.4 is 9.47 Å². The van der Waals surface area contributed by atoms with Crippen molar-refractivity contribution in [2.24, 2.45) is 0 Å². The Balaban J connectivity index is 1.87. The van der Waals surface area contributed by atoms with Gasteiger partial charge in [-0.3, -0.25) is 9.69 Å². The standard InChI is InChI=1S/C21H17BrN2O3S2/c1-3-24-20(25)18(29-21(24)28)10-13-8-16(22)19(17(9-13)26-2)27-12-15-7-5-4-6-14(15)11-23/h4-10H,3,12H2,1-2H3/b18-10-. The van der Waals surface area contributed by atoms with E-state index >= 15 is 0 Å². The van der Waals surface area contributed by atoms with Gasteiger partial charge in [-0.2, -0.15) is 5.26 Å². The first-order valence-corrected chi connectivity index (χ1v) is 10.7. The van der Waals surface area contributed by atoms with Gasteiger partial charge in [0, 0.05) is 12.1 Å². The van der Waals surface area contributed by atoms with Crippen molar-refractivity contribution in [3.05, 3.63) is 62.5 Å². The quantitative estimate of drug-likeness (QED) is 0.414. The predicted molar refractivity (Wildman–Crippen MR) is 122 cm³/mol. The summed E-state index contributed by atoms with van der Waals surface area (Å²) in [5.74, 6) is 0.954. The van der Waals surface area contributed by atoms with Crippen LogP contribution in [-0.2, 0) is 11.4 Å². The molecule has 1 fully saturated rings. The minimum atomic E-state index is -0.0916. The molecule has 148 valence electrons. The van der Waals surface area contributed by atoms with E-state index in [0.29, 0.717) is 37.3 Å². The summed E-state index contributed by atoms with van der Waals surface area (Å²) in [6.45, 7) is 2.67. The smallest absolute Gasteiger partial charge is 0.266 e. The Morgan fingerprint density at radius 3 is 2.76 bits per heavy atom. The molecule has 3 rings (SSSR count). The number of halogens is 1. The number of likely N-dealkylation sites (N-methyl/N-ethyl adjacent to an activating group) is 1. The fraction of sp³-hybridized carbons (Fsp3) is 0.190. The highest BCUT2D eigenvalue weighted by molar-refractivity contribution is 9.10. The molecule has 0 saturated carbocycles. The molecule has 1 aliphatic rings. The molecular weight excluding hydrogens is 472 g/mol. The number of hydrogen-bond acceptors (Lipinski definition) is 6. The number of thiocarbonyl (C=S) groups is 1. The largest absolute Gasteiger partial charge is 0.493 e. The minimum Gasteiger partial charge on any atom is -0.493 e. The first-order valence-electron chi connectivity index (χ1n) is 8.72. The summed E-state index contributed by atoms with van der Waals surface area (Å²) in [4.78, 5) is 14.6. The van der Waals surface area contributed by atoms with E-state index in [1.807, 2.05) is 31.2 Å². The maximum absolute atomic E-state index is 12.4. The van der Waals surface area contributed by atoms with Crippen LogP contribution in [0.3, 0.4) is 0 Å². The van der Waals surface area contributed by atoms with Crippen molar-refractivity contribution in [1.29, 1.82) is 5.26 Å². The minimum absolute atomic E-state index is 0.0916. The van der Waals surface area contributed by atoms with Crippen LogP contribution in [0.5, 0.6) is 11.5 Å². The number of methoxy groups -OCH3 is 1. The molecule has 0 unspecified atom stereocenters. The molecule has 2 aromatic rings. The van der Waals surface area contributed by atoms with E-state index in [2.05, 4.69) is 22.0 Å². The summed E-state index contributed by atoms with van der Waals surface area (Å²) in [6, 6.07) is 13.1. The predicted octanol–water partition coefficient (Wildman–Crippen LogP) is 5.13. The number of amides is 1. The number of benzene rings is 2. The zero-order chi connectivity index (χ0) is 21.0. The van der Waals surface area contributed by atoms with Gasteiger partial charge >= 0.3 is 0 Å². The summed E-state index contributed by atoms with van der Waals surface area (Å²) < 4.78 is 12.7. The lowest BCUT2D eigenvalue weighted by atomic mass is 10.1. The molecule has 5 nitrogen and oxygen atoms in total. The van der Waals surface area contributed by atoms with Gasteiger partial charge in [-0.1, -0.05) is 42.2 Å². The molecular formula is C21H17BrN2O3S2. The molecule has 0 bridgehead atoms. The molecule has 1 amide bonds. The van der Waals surface area contributed by atoms with E-state index in [1.165, 1.54) is 11.8 Å². The molecule has 0 spiro atoms. The maximum atomic E-state index is 12.4. The Bertz CT molecular complexity index is 1050. The summed E-state index contributed by atoms with van der Waals surface area (Å²) in [6.07, 6.45) is 1.79. The molecule has 8 heteroatoms. The maximum Gasteiger partial charge on any atom is 0.266 e. The van der Waals surface area contributed by atoms with Crippen molar-refractivity contribution in [2.75, 3.05) is 13.7 Å². The van der Waals surface area contributed by atoms with E-state index < -0.39 is 0 Å². The average molecular weight is 489 g/mol. The van der Waals surface area contributed by atoms with Crippen molar-refractivity contribution in [2.45, 2.75) is 13.5 Å². The summed E-state index contributed by atoms with van der Waals surface area (Å²) in [5.41, 5.74) is 2.14. The van der Waals surface area contributed by atoms with Crippen LogP contribution in [0.25, 0.3) is 6.08 Å². The first-order chi connectivity index (χ1) is 14.0. The second-order valence-corrected chi connectivity index (χ2v) is 8.55. The Morgan fingerprint density at radius 1 is 1.34 bits per heavy atom. The Kier molecular flexibility index (Phi) is 6.96. The van der Waals surface area contributed by atoms with Gasteiger partial charge in [0.05, 0.1) is 28.1 Å². The molecule has 0 aliphatic carbocycles. The number of hydrogen-bond donors (Lipinski definition) is 0. The highest BCUT2D eigenvalue weighted by Crippen LogP contribution is 2.39. The van der Waals surface area contributed by atoms with Crippen LogP contribution in [0.1, 0.15) is 23.6 Å². The zero-order valence-electron chi connectivity index (χ0n) is 15.8. The fourth-order valence-corrected chi connectivity index (χ4v) is 4.75. The molecule has 0 aromatic heterocycles. The molecule has 1 heterocycles. The number of nitrogens with zero attached hydrogens (tertiary/aromatic N) is 2. The average Bonchev–Trinajstić information content (AvgIpc) is 2.99. The zero-order valence-corrected chi connectivity index (χ0v) is 19.0. The van der Waals surface area contributed by atoms with Crippen molar-refractivity contribution in [1.82, 2.24) is 4.90 Å². The van der Waals surface area contributed by atoms with Crippen LogP contribution >= 0.6 is 39.9 Å². The van der Waals surface area contributed by atoms with E-state index in [9.17, 15) is 10.1 Å². The molecule has 0 atom stereocenters. The van der Waals surface area contributed by atoms with Crippen molar-refractivity contribution in [3.8, 4) is 17.6 Å². The van der Waals surface area contributed by atoms with Crippen LogP contribution in [-0.4, -0.2) is 28.8 Å². The van der Waals surface area contributed by atoms with Gasteiger partial charge in [-0.25, -0.2) is 0 Å². The molecule has 0 radical (unpaired) electrons.